The Morgan fingerprint density at radius 3 is 1.71 bits per heavy atom. The van der Waals surface area contributed by atoms with Gasteiger partial charge in [0.1, 0.15) is 0 Å². The molecule has 0 fully saturated rings. The summed E-state index contributed by atoms with van der Waals surface area (Å²) in [5.74, 6) is -1.02. The Bertz CT molecular complexity index is 161. The first-order chi connectivity index (χ1) is 6.04. The molecule has 81 valence electrons. The van der Waals surface area contributed by atoms with E-state index in [-0.39, 0.29) is 25.4 Å². The molecule has 0 spiro atoms. The van der Waals surface area contributed by atoms with Crippen LogP contribution in [0, 0.1) is 19.2 Å². The van der Waals surface area contributed by atoms with Gasteiger partial charge in [0.15, 0.2) is 0 Å². The smallest absolute Gasteiger partial charge is 2.00 e. The number of rotatable bonds is 3. The normalized spacial score (nSPS) is 9.14. The van der Waals surface area contributed by atoms with Crippen LogP contribution in [0.4, 0.5) is 0 Å². The maximum atomic E-state index is 9.94. The zero-order valence-electron chi connectivity index (χ0n) is 7.83. The molecule has 0 aromatic carbocycles. The third kappa shape index (κ3) is 22.5. The summed E-state index contributed by atoms with van der Waals surface area (Å²) in [7, 11) is 0. The molecule has 1 atom stereocenters. The maximum Gasteiger partial charge on any atom is 2.00 e. The molecule has 6 heteroatoms. The predicted octanol–water partition coefficient (Wildman–Crippen LogP) is 0.126. The fourth-order valence-corrected chi connectivity index (χ4v) is 0.568. The fourth-order valence-electron chi connectivity index (χ4n) is 0.568. The Kier molecular flexibility index (Phi) is 30.6. The van der Waals surface area contributed by atoms with E-state index < -0.39 is 12.0 Å². The number of hydrogen-bond acceptors (Lipinski definition) is 2. The first kappa shape index (κ1) is 23.4. The maximum absolute atomic E-state index is 9.94. The van der Waals surface area contributed by atoms with Crippen molar-refractivity contribution in [3.63, 3.8) is 0 Å². The van der Waals surface area contributed by atoms with Crippen LogP contribution in [-0.2, 0) is 33.6 Å². The minimum Gasteiger partial charge on any atom is 2.00 e. The predicted molar refractivity (Wildman–Crippen MR) is 40.4 cm³/mol. The molecule has 0 aromatic rings. The Balaban J connectivity index is -0.0000000883. The first-order valence-electron chi connectivity index (χ1n) is 3.37. The van der Waals surface area contributed by atoms with Gasteiger partial charge in [-0.05, 0) is 5.92 Å². The molecule has 1 unspecified atom stereocenters. The molecular weight excluding hydrogens is 277 g/mol. The number of aliphatic carboxylic acids is 1. The van der Waals surface area contributed by atoms with Gasteiger partial charge in [0.25, 0.3) is 0 Å². The minimum absolute atomic E-state index is 0. The van der Waals surface area contributed by atoms with Gasteiger partial charge < -0.3 is 15.6 Å². The van der Waals surface area contributed by atoms with E-state index in [1.54, 1.807) is 0 Å². The van der Waals surface area contributed by atoms with Crippen LogP contribution < -0.4 is 5.11 Å². The van der Waals surface area contributed by atoms with E-state index in [4.69, 9.17) is 15.0 Å². The van der Waals surface area contributed by atoms with Gasteiger partial charge in [-0.2, -0.15) is 0 Å². The van der Waals surface area contributed by atoms with E-state index in [0.717, 1.165) is 0 Å². The van der Waals surface area contributed by atoms with Crippen molar-refractivity contribution >= 4 is 5.97 Å². The van der Waals surface area contributed by atoms with Gasteiger partial charge in [-0.3, -0.25) is 0 Å². The zero-order chi connectivity index (χ0) is 11.4. The molecular formula is C8H11NO4Rh. The molecule has 0 aliphatic rings. The van der Waals surface area contributed by atoms with E-state index in [1.165, 1.54) is 0 Å². The van der Waals surface area contributed by atoms with Crippen LogP contribution in [-0.4, -0.2) is 12.0 Å². The number of carboxylic acids is 1. The molecule has 0 bridgehead atoms. The molecule has 0 amide bonds. The summed E-state index contributed by atoms with van der Waals surface area (Å²) in [5, 5.41) is 9.94. The number of hydrogen-bond donors (Lipinski definition) is 0. The number of nitrogens with one attached hydrogen (secondary N) is 1. The molecule has 14 heavy (non-hydrogen) atoms. The Labute approximate surface area is 96.2 Å². The van der Waals surface area contributed by atoms with E-state index in [0.29, 0.717) is 6.42 Å². The molecule has 0 saturated carbocycles. The Hall–Kier alpha value is -0.467. The summed E-state index contributed by atoms with van der Waals surface area (Å²) in [4.78, 5) is 9.94. The number of carbonyl (C=O) groups is 1. The first-order valence-corrected chi connectivity index (χ1v) is 3.37. The molecule has 1 N–H and O–H groups in total. The summed E-state index contributed by atoms with van der Waals surface area (Å²) in [5.41, 5.74) is 6.90. The molecule has 1 radical (unpaired) electrons. The minimum atomic E-state index is -1.27. The van der Waals surface area contributed by atoms with Crippen LogP contribution in [0.3, 0.4) is 0 Å². The van der Waals surface area contributed by atoms with E-state index in [9.17, 15) is 9.90 Å². The SMILES string of the molecule is CC(C)CC([NH-])C(=O)[O-].[C-]#[O+].[C-]#[O+].[Rh+2]. The molecule has 5 nitrogen and oxygen atoms in total. The molecule has 0 saturated heterocycles. The Morgan fingerprint density at radius 2 is 1.64 bits per heavy atom. The van der Waals surface area contributed by atoms with Gasteiger partial charge in [-0.15, -0.1) is 0 Å². The van der Waals surface area contributed by atoms with Gasteiger partial charge in [-0.1, -0.05) is 26.3 Å². The largest absolute Gasteiger partial charge is 2.00 e. The molecule has 0 aliphatic heterocycles. The van der Waals surface area contributed by atoms with Crippen LogP contribution in [0.15, 0.2) is 0 Å². The summed E-state index contributed by atoms with van der Waals surface area (Å²) in [6.45, 7) is 12.8. The topological polar surface area (TPSA) is 104 Å². The summed E-state index contributed by atoms with van der Waals surface area (Å²) < 4.78 is 15.0. The van der Waals surface area contributed by atoms with Crippen LogP contribution in [0.5, 0.6) is 0 Å². The van der Waals surface area contributed by atoms with Crippen LogP contribution in [0.2, 0.25) is 0 Å². The molecule has 0 aromatic heterocycles. The average molecular weight is 288 g/mol. The van der Waals surface area contributed by atoms with Gasteiger partial charge >= 0.3 is 42.1 Å². The third-order valence-corrected chi connectivity index (χ3v) is 0.992. The summed E-state index contributed by atoms with van der Waals surface area (Å²) in [6, 6.07) is -1.05. The second-order valence-electron chi connectivity index (χ2n) is 2.50. The van der Waals surface area contributed by atoms with Crippen molar-refractivity contribution < 1.29 is 38.7 Å². The Morgan fingerprint density at radius 1 is 1.36 bits per heavy atom. The van der Waals surface area contributed by atoms with Gasteiger partial charge in [0.2, 0.25) is 0 Å². The van der Waals surface area contributed by atoms with Crippen molar-refractivity contribution in [1.29, 1.82) is 0 Å². The van der Waals surface area contributed by atoms with E-state index in [2.05, 4.69) is 13.3 Å². The quantitative estimate of drug-likeness (QED) is 0.418. The fraction of sp³-hybridized carbons (Fsp3) is 0.625. The molecule has 0 rings (SSSR count). The molecule has 0 aliphatic carbocycles. The van der Waals surface area contributed by atoms with Crippen LogP contribution in [0.25, 0.3) is 5.73 Å². The standard InChI is InChI=1S/C6H12NO2.2CO.Rh/c1-4(2)3-5(7)6(8)9;2*1-2;/h4-5,7H,3H2,1-2H3,(H,8,9);;;/q-1;;;+2/p-1. The average Bonchev–Trinajstić information content (AvgIpc) is 2.10. The third-order valence-electron chi connectivity index (χ3n) is 0.992. The van der Waals surface area contributed by atoms with Crippen molar-refractivity contribution in [2.24, 2.45) is 5.92 Å². The van der Waals surface area contributed by atoms with Crippen LogP contribution in [0.1, 0.15) is 20.3 Å². The van der Waals surface area contributed by atoms with Crippen LogP contribution >= 0.6 is 0 Å². The van der Waals surface area contributed by atoms with Gasteiger partial charge in [0.05, 0.1) is 0 Å². The second kappa shape index (κ2) is 18.3. The second-order valence-corrected chi connectivity index (χ2v) is 2.50. The van der Waals surface area contributed by atoms with E-state index in [1.807, 2.05) is 13.8 Å². The van der Waals surface area contributed by atoms with Crippen molar-refractivity contribution in [1.82, 2.24) is 0 Å². The number of carboxylic acid groups (broad SMARTS) is 1. The molecule has 0 heterocycles. The monoisotopic (exact) mass is 288 g/mol. The van der Waals surface area contributed by atoms with Gasteiger partial charge in [0, 0.05) is 5.97 Å². The van der Waals surface area contributed by atoms with E-state index >= 15 is 0 Å². The van der Waals surface area contributed by atoms with Crippen molar-refractivity contribution in [3.05, 3.63) is 19.0 Å². The number of carbonyl (C=O) groups excluding carboxylic acids is 1. The van der Waals surface area contributed by atoms with Crippen molar-refractivity contribution in [2.75, 3.05) is 0 Å². The summed E-state index contributed by atoms with van der Waals surface area (Å²) in [6.07, 6.45) is 0.377. The van der Waals surface area contributed by atoms with Gasteiger partial charge in [-0.25, -0.2) is 0 Å². The van der Waals surface area contributed by atoms with Crippen molar-refractivity contribution in [2.45, 2.75) is 26.3 Å². The zero-order valence-corrected chi connectivity index (χ0v) is 9.47. The summed E-state index contributed by atoms with van der Waals surface area (Å²) >= 11 is 0. The van der Waals surface area contributed by atoms with Crippen molar-refractivity contribution in [3.8, 4) is 0 Å².